The molecule has 11 heteroatoms. The summed E-state index contributed by atoms with van der Waals surface area (Å²) in [5.74, 6) is 0.168. The lowest BCUT2D eigenvalue weighted by Gasteiger charge is -2.04. The van der Waals surface area contributed by atoms with E-state index in [0.717, 1.165) is 0 Å². The summed E-state index contributed by atoms with van der Waals surface area (Å²) in [4.78, 5) is 19.7. The quantitative estimate of drug-likeness (QED) is 0.306. The van der Waals surface area contributed by atoms with E-state index >= 15 is 0 Å². The molecule has 0 radical (unpaired) electrons. The smallest absolute Gasteiger partial charge is 0.226 e. The van der Waals surface area contributed by atoms with Gasteiger partial charge in [0.15, 0.2) is 0 Å². The fraction of sp³-hybridized carbons (Fsp3) is 0. The first kappa shape index (κ1) is 10.5. The number of nitrogens with two attached hydrogens (primary N) is 2. The molecule has 0 aliphatic carbocycles. The number of hydrogen-bond acceptors (Lipinski definition) is 9. The molecule has 0 aromatic carbocycles. The van der Waals surface area contributed by atoms with Gasteiger partial charge in [-0.05, 0) is 0 Å². The molecule has 11 nitrogen and oxygen atoms in total. The van der Waals surface area contributed by atoms with Gasteiger partial charge in [0, 0.05) is 0 Å². The average Bonchev–Trinajstić information content (AvgIpc) is 2.13. The number of nitrogens with zero attached hydrogens (tertiary/aromatic N) is 4. The Morgan fingerprint density at radius 2 is 1.24 bits per heavy atom. The van der Waals surface area contributed by atoms with Gasteiger partial charge in [0.05, 0.1) is 0 Å². The second-order valence-electron chi connectivity index (χ2n) is 2.93. The maximum Gasteiger partial charge on any atom is 0.226 e. The molecule has 0 bridgehead atoms. The molecular formula is C6H9N11. The van der Waals surface area contributed by atoms with Gasteiger partial charge < -0.3 is 11.5 Å². The van der Waals surface area contributed by atoms with Crippen molar-refractivity contribution in [1.29, 1.82) is 10.8 Å². The Bertz CT molecular complexity index is 594. The van der Waals surface area contributed by atoms with Crippen LogP contribution in [0.2, 0.25) is 0 Å². The van der Waals surface area contributed by atoms with Crippen molar-refractivity contribution in [1.82, 2.24) is 29.9 Å². The minimum absolute atomic E-state index is 0.0654. The number of rotatable bonds is 2. The summed E-state index contributed by atoms with van der Waals surface area (Å²) in [5, 5.41) is 17.2. The second kappa shape index (κ2) is 3.88. The molecule has 0 spiro atoms. The minimum Gasteiger partial charge on any atom is -0.368 e. The first-order valence-electron chi connectivity index (χ1n) is 4.37. The van der Waals surface area contributed by atoms with E-state index in [9.17, 15) is 0 Å². The van der Waals surface area contributed by atoms with Crippen molar-refractivity contribution < 1.29 is 0 Å². The van der Waals surface area contributed by atoms with Gasteiger partial charge in [0.25, 0.3) is 0 Å². The van der Waals surface area contributed by atoms with Crippen molar-refractivity contribution in [2.24, 2.45) is 0 Å². The van der Waals surface area contributed by atoms with Crippen LogP contribution in [0, 0.1) is 10.8 Å². The van der Waals surface area contributed by atoms with Crippen LogP contribution >= 0.6 is 0 Å². The highest BCUT2D eigenvalue weighted by atomic mass is 15.3. The largest absolute Gasteiger partial charge is 0.368 e. The molecule has 0 saturated heterocycles. The zero-order valence-electron chi connectivity index (χ0n) is 8.44. The van der Waals surface area contributed by atoms with Crippen molar-refractivity contribution in [3.05, 3.63) is 11.2 Å². The van der Waals surface area contributed by atoms with Crippen LogP contribution in [0.1, 0.15) is 0 Å². The zero-order valence-corrected chi connectivity index (χ0v) is 8.44. The standard InChI is InChI=1S/C6H9N11/c7-1-11-2(8)14-5(13-1)17-6-15-3(9)12-4(10)16-6/h(H9,7,8,9,10,11,12,13,14,15,16,17). The molecule has 0 amide bonds. The van der Waals surface area contributed by atoms with Crippen molar-refractivity contribution >= 4 is 23.8 Å². The molecule has 88 valence electrons. The molecule has 0 aliphatic rings. The van der Waals surface area contributed by atoms with Gasteiger partial charge in [-0.2, -0.15) is 19.9 Å². The topological polar surface area (TPSA) is 195 Å². The number of nitrogens with one attached hydrogen (secondary N) is 5. The van der Waals surface area contributed by atoms with Crippen LogP contribution in [0.3, 0.4) is 0 Å². The Balaban J connectivity index is 2.37. The molecule has 0 aliphatic heterocycles. The number of H-pyrrole nitrogens is 2. The van der Waals surface area contributed by atoms with Gasteiger partial charge in [-0.15, -0.1) is 0 Å². The van der Waals surface area contributed by atoms with Crippen LogP contribution in [0.5, 0.6) is 0 Å². The van der Waals surface area contributed by atoms with E-state index in [2.05, 4.69) is 35.2 Å². The van der Waals surface area contributed by atoms with E-state index in [0.29, 0.717) is 0 Å². The number of hydrogen-bond donors (Lipinski definition) is 7. The molecule has 2 heterocycles. The average molecular weight is 235 g/mol. The third-order valence-corrected chi connectivity index (χ3v) is 1.62. The van der Waals surface area contributed by atoms with Gasteiger partial charge in [0.1, 0.15) is 0 Å². The van der Waals surface area contributed by atoms with Crippen molar-refractivity contribution in [3.63, 3.8) is 0 Å². The molecule has 0 atom stereocenters. The van der Waals surface area contributed by atoms with E-state index in [1.54, 1.807) is 0 Å². The molecule has 17 heavy (non-hydrogen) atoms. The number of aromatic nitrogens is 6. The van der Waals surface area contributed by atoms with Gasteiger partial charge >= 0.3 is 0 Å². The molecule has 2 rings (SSSR count). The van der Waals surface area contributed by atoms with Crippen LogP contribution in [-0.2, 0) is 0 Å². The highest BCUT2D eigenvalue weighted by Crippen LogP contribution is 2.03. The lowest BCUT2D eigenvalue weighted by Crippen LogP contribution is -2.20. The molecule has 2 aromatic heterocycles. The second-order valence-corrected chi connectivity index (χ2v) is 2.93. The van der Waals surface area contributed by atoms with Crippen molar-refractivity contribution in [2.75, 3.05) is 16.8 Å². The molecule has 2 aromatic rings. The Hall–Kier alpha value is -2.98. The van der Waals surface area contributed by atoms with E-state index in [1.807, 2.05) is 0 Å². The van der Waals surface area contributed by atoms with Crippen LogP contribution in [0.15, 0.2) is 0 Å². The van der Waals surface area contributed by atoms with E-state index in [4.69, 9.17) is 22.3 Å². The predicted octanol–water partition coefficient (Wildman–Crippen LogP) is -2.21. The number of aromatic amines is 2. The van der Waals surface area contributed by atoms with Gasteiger partial charge in [-0.25, -0.2) is 0 Å². The molecule has 0 saturated carbocycles. The molecular weight excluding hydrogens is 226 g/mol. The fourth-order valence-corrected chi connectivity index (χ4v) is 1.07. The third-order valence-electron chi connectivity index (χ3n) is 1.62. The van der Waals surface area contributed by atoms with Gasteiger partial charge in [-0.1, -0.05) is 0 Å². The summed E-state index contributed by atoms with van der Waals surface area (Å²) >= 11 is 0. The lowest BCUT2D eigenvalue weighted by atomic mass is 10.8. The summed E-state index contributed by atoms with van der Waals surface area (Å²) in [5.41, 5.74) is 10.4. The molecule has 0 unspecified atom stereocenters. The first-order valence-corrected chi connectivity index (χ1v) is 4.37. The van der Waals surface area contributed by atoms with Gasteiger partial charge in [0.2, 0.25) is 35.0 Å². The minimum atomic E-state index is -0.159. The highest BCUT2D eigenvalue weighted by molar-refractivity contribution is 5.43. The van der Waals surface area contributed by atoms with Crippen molar-refractivity contribution in [3.8, 4) is 0 Å². The zero-order chi connectivity index (χ0) is 12.4. The lowest BCUT2D eigenvalue weighted by molar-refractivity contribution is 0.907. The third kappa shape index (κ3) is 2.53. The summed E-state index contributed by atoms with van der Waals surface area (Å²) in [7, 11) is 0. The van der Waals surface area contributed by atoms with E-state index in [-0.39, 0.29) is 35.0 Å². The predicted molar refractivity (Wildman–Crippen MR) is 56.6 cm³/mol. The first-order chi connectivity index (χ1) is 8.02. The Kier molecular flexibility index (Phi) is 2.40. The number of anilines is 4. The molecule has 0 fully saturated rings. The Morgan fingerprint density at radius 3 is 1.59 bits per heavy atom. The van der Waals surface area contributed by atoms with Crippen LogP contribution in [0.25, 0.3) is 0 Å². The SMILES string of the molecule is N=c1nc(N)nc(Nc2nc(N)nc(=N)[nH]2)[nH]1. The maximum atomic E-state index is 7.30. The van der Waals surface area contributed by atoms with E-state index < -0.39 is 0 Å². The summed E-state index contributed by atoms with van der Waals surface area (Å²) < 4.78 is 0. The fourth-order valence-electron chi connectivity index (χ4n) is 1.07. The Morgan fingerprint density at radius 1 is 0.824 bits per heavy atom. The normalized spacial score (nSPS) is 10.1. The van der Waals surface area contributed by atoms with Crippen molar-refractivity contribution in [2.45, 2.75) is 0 Å². The summed E-state index contributed by atoms with van der Waals surface area (Å²) in [6.07, 6.45) is 0. The van der Waals surface area contributed by atoms with Crippen LogP contribution in [0.4, 0.5) is 23.8 Å². The maximum absolute atomic E-state index is 7.30. The number of nitrogen functional groups attached to an aromatic ring is 2. The van der Waals surface area contributed by atoms with Gasteiger partial charge in [-0.3, -0.25) is 26.1 Å². The van der Waals surface area contributed by atoms with E-state index in [1.165, 1.54) is 0 Å². The summed E-state index contributed by atoms with van der Waals surface area (Å²) in [6.45, 7) is 0. The monoisotopic (exact) mass is 235 g/mol. The highest BCUT2D eigenvalue weighted by Gasteiger charge is 2.02. The Labute approximate surface area is 93.4 Å². The van der Waals surface area contributed by atoms with Crippen LogP contribution in [-0.4, -0.2) is 29.9 Å². The molecule has 9 N–H and O–H groups in total. The summed E-state index contributed by atoms with van der Waals surface area (Å²) in [6, 6.07) is 0. The van der Waals surface area contributed by atoms with Crippen LogP contribution < -0.4 is 28.0 Å².